The molecule has 0 spiro atoms. The molecule has 1 fully saturated rings. The van der Waals surface area contributed by atoms with Crippen molar-refractivity contribution in [1.29, 1.82) is 0 Å². The van der Waals surface area contributed by atoms with Crippen molar-refractivity contribution >= 4 is 17.5 Å². The van der Waals surface area contributed by atoms with Crippen LogP contribution in [-0.4, -0.2) is 26.6 Å². The van der Waals surface area contributed by atoms with Crippen molar-refractivity contribution in [3.63, 3.8) is 0 Å². The first-order valence-corrected chi connectivity index (χ1v) is 5.98. The Hall–Kier alpha value is -0.770. The molecule has 4 heteroatoms. The maximum atomic E-state index is 12.0. The molecule has 1 aromatic rings. The van der Waals surface area contributed by atoms with Crippen molar-refractivity contribution in [2.45, 2.75) is 24.5 Å². The number of Topliss-reactive ketones (excluding diaryl/α,β-unsaturated/α-hetero) is 1. The Morgan fingerprint density at radius 2 is 2.50 bits per heavy atom. The van der Waals surface area contributed by atoms with Crippen LogP contribution in [0.25, 0.3) is 0 Å². The standard InChI is InChI=1S/C10H14N2OS/c1-12-8(5-6-11-12)10(13)9-4-2-3-7-14-9/h5-6,9H,2-4,7H2,1H3. The van der Waals surface area contributed by atoms with E-state index in [-0.39, 0.29) is 11.0 Å². The maximum absolute atomic E-state index is 12.0. The summed E-state index contributed by atoms with van der Waals surface area (Å²) in [4.78, 5) is 12.0. The summed E-state index contributed by atoms with van der Waals surface area (Å²) in [6, 6.07) is 1.80. The minimum atomic E-state index is 0.166. The smallest absolute Gasteiger partial charge is 0.193 e. The number of carbonyl (C=O) groups excluding carboxylic acids is 1. The van der Waals surface area contributed by atoms with E-state index in [4.69, 9.17) is 0 Å². The topological polar surface area (TPSA) is 34.9 Å². The van der Waals surface area contributed by atoms with Crippen LogP contribution >= 0.6 is 11.8 Å². The first kappa shape index (κ1) is 9.77. The van der Waals surface area contributed by atoms with Crippen LogP contribution in [0.15, 0.2) is 12.3 Å². The monoisotopic (exact) mass is 210 g/mol. The quantitative estimate of drug-likeness (QED) is 0.699. The van der Waals surface area contributed by atoms with Crippen molar-refractivity contribution < 1.29 is 4.79 Å². The highest BCUT2D eigenvalue weighted by molar-refractivity contribution is 8.00. The van der Waals surface area contributed by atoms with Gasteiger partial charge in [-0.25, -0.2) is 0 Å². The fourth-order valence-corrected chi connectivity index (χ4v) is 2.99. The molecule has 1 saturated heterocycles. The molecule has 1 aromatic heterocycles. The number of ketones is 1. The minimum absolute atomic E-state index is 0.166. The zero-order valence-corrected chi connectivity index (χ0v) is 9.09. The van der Waals surface area contributed by atoms with Crippen molar-refractivity contribution in [1.82, 2.24) is 9.78 Å². The van der Waals surface area contributed by atoms with Gasteiger partial charge >= 0.3 is 0 Å². The highest BCUT2D eigenvalue weighted by Crippen LogP contribution is 2.27. The average Bonchev–Trinajstić information content (AvgIpc) is 2.65. The number of aromatic nitrogens is 2. The van der Waals surface area contributed by atoms with Gasteiger partial charge in [0, 0.05) is 13.2 Å². The van der Waals surface area contributed by atoms with Crippen LogP contribution in [0.1, 0.15) is 29.8 Å². The molecular weight excluding hydrogens is 196 g/mol. The Labute approximate surface area is 87.9 Å². The van der Waals surface area contributed by atoms with Crippen LogP contribution < -0.4 is 0 Å². The van der Waals surface area contributed by atoms with Gasteiger partial charge in [-0.1, -0.05) is 6.42 Å². The zero-order valence-electron chi connectivity index (χ0n) is 8.27. The number of hydrogen-bond acceptors (Lipinski definition) is 3. The van der Waals surface area contributed by atoms with Gasteiger partial charge in [-0.2, -0.15) is 16.9 Å². The third-order valence-electron chi connectivity index (χ3n) is 2.55. The lowest BCUT2D eigenvalue weighted by atomic mass is 10.1. The molecule has 76 valence electrons. The molecule has 0 bridgehead atoms. The summed E-state index contributed by atoms with van der Waals surface area (Å²) < 4.78 is 1.66. The van der Waals surface area contributed by atoms with Gasteiger partial charge in [0.1, 0.15) is 5.69 Å². The Balaban J connectivity index is 2.11. The number of thioether (sulfide) groups is 1. The van der Waals surface area contributed by atoms with E-state index in [9.17, 15) is 4.79 Å². The Morgan fingerprint density at radius 3 is 3.07 bits per heavy atom. The number of hydrogen-bond donors (Lipinski definition) is 0. The lowest BCUT2D eigenvalue weighted by molar-refractivity contribution is 0.0976. The number of carbonyl (C=O) groups is 1. The molecule has 3 nitrogen and oxygen atoms in total. The van der Waals surface area contributed by atoms with Crippen LogP contribution in [0.3, 0.4) is 0 Å². The second-order valence-corrected chi connectivity index (χ2v) is 4.87. The third-order valence-corrected chi connectivity index (χ3v) is 3.92. The van der Waals surface area contributed by atoms with Crippen molar-refractivity contribution in [3.8, 4) is 0 Å². The molecular formula is C10H14N2OS. The lowest BCUT2D eigenvalue weighted by Gasteiger charge is -2.19. The summed E-state index contributed by atoms with van der Waals surface area (Å²) in [5.41, 5.74) is 0.740. The predicted octanol–water partition coefficient (Wildman–Crippen LogP) is 1.89. The van der Waals surface area contributed by atoms with Gasteiger partial charge in [0.2, 0.25) is 0 Å². The van der Waals surface area contributed by atoms with Gasteiger partial charge in [0.15, 0.2) is 5.78 Å². The van der Waals surface area contributed by atoms with Gasteiger partial charge < -0.3 is 0 Å². The van der Waals surface area contributed by atoms with E-state index in [1.807, 2.05) is 7.05 Å². The van der Waals surface area contributed by atoms with Crippen LogP contribution in [0, 0.1) is 0 Å². The zero-order chi connectivity index (χ0) is 9.97. The highest BCUT2D eigenvalue weighted by Gasteiger charge is 2.24. The van der Waals surface area contributed by atoms with E-state index in [1.165, 1.54) is 12.8 Å². The molecule has 1 aliphatic heterocycles. The second kappa shape index (κ2) is 4.17. The van der Waals surface area contributed by atoms with E-state index in [2.05, 4.69) is 5.10 Å². The number of rotatable bonds is 2. The van der Waals surface area contributed by atoms with Crippen LogP contribution in [0.2, 0.25) is 0 Å². The Kier molecular flexibility index (Phi) is 2.91. The molecule has 0 saturated carbocycles. The summed E-state index contributed by atoms with van der Waals surface area (Å²) in [5.74, 6) is 1.36. The van der Waals surface area contributed by atoms with Gasteiger partial charge in [0.05, 0.1) is 5.25 Å². The Bertz CT molecular complexity index is 329. The highest BCUT2D eigenvalue weighted by atomic mass is 32.2. The van der Waals surface area contributed by atoms with Gasteiger partial charge in [-0.3, -0.25) is 9.48 Å². The summed E-state index contributed by atoms with van der Waals surface area (Å²) in [7, 11) is 1.82. The second-order valence-electron chi connectivity index (χ2n) is 3.56. The van der Waals surface area contributed by atoms with Crippen molar-refractivity contribution in [3.05, 3.63) is 18.0 Å². The lowest BCUT2D eigenvalue weighted by Crippen LogP contribution is -2.23. The van der Waals surface area contributed by atoms with E-state index < -0.39 is 0 Å². The summed E-state index contributed by atoms with van der Waals surface area (Å²) in [6.45, 7) is 0. The molecule has 0 radical (unpaired) electrons. The third kappa shape index (κ3) is 1.85. The van der Waals surface area contributed by atoms with Gasteiger partial charge in [-0.15, -0.1) is 0 Å². The molecule has 14 heavy (non-hydrogen) atoms. The normalized spacial score (nSPS) is 22.2. The van der Waals surface area contributed by atoms with Crippen LogP contribution in [-0.2, 0) is 7.05 Å². The summed E-state index contributed by atoms with van der Waals surface area (Å²) >= 11 is 1.79. The van der Waals surface area contributed by atoms with E-state index in [0.717, 1.165) is 17.9 Å². The molecule has 1 atom stereocenters. The van der Waals surface area contributed by atoms with Crippen molar-refractivity contribution in [2.24, 2.45) is 7.05 Å². The Morgan fingerprint density at radius 1 is 1.64 bits per heavy atom. The van der Waals surface area contributed by atoms with Crippen LogP contribution in [0.4, 0.5) is 0 Å². The molecule has 0 amide bonds. The average molecular weight is 210 g/mol. The molecule has 1 aliphatic rings. The summed E-state index contributed by atoms with van der Waals surface area (Å²) in [6.07, 6.45) is 5.14. The van der Waals surface area contributed by atoms with Crippen LogP contribution in [0.5, 0.6) is 0 Å². The van der Waals surface area contributed by atoms with E-state index in [0.29, 0.717) is 0 Å². The van der Waals surface area contributed by atoms with Gasteiger partial charge in [-0.05, 0) is 24.7 Å². The van der Waals surface area contributed by atoms with Crippen molar-refractivity contribution in [2.75, 3.05) is 5.75 Å². The number of nitrogens with zero attached hydrogens (tertiary/aromatic N) is 2. The fraction of sp³-hybridized carbons (Fsp3) is 0.600. The molecule has 0 N–H and O–H groups in total. The first-order chi connectivity index (χ1) is 6.79. The molecule has 1 unspecified atom stereocenters. The predicted molar refractivity (Wildman–Crippen MR) is 57.6 cm³/mol. The fourth-order valence-electron chi connectivity index (χ4n) is 1.73. The largest absolute Gasteiger partial charge is 0.291 e. The number of aryl methyl sites for hydroxylation is 1. The molecule has 0 aromatic carbocycles. The minimum Gasteiger partial charge on any atom is -0.291 e. The molecule has 2 heterocycles. The van der Waals surface area contributed by atoms with Gasteiger partial charge in [0.25, 0.3) is 0 Å². The molecule has 0 aliphatic carbocycles. The summed E-state index contributed by atoms with van der Waals surface area (Å²) in [5, 5.41) is 4.18. The SMILES string of the molecule is Cn1nccc1C(=O)C1CCCCS1. The maximum Gasteiger partial charge on any atom is 0.193 e. The van der Waals surface area contributed by atoms with E-state index in [1.54, 1.807) is 28.7 Å². The molecule has 2 rings (SSSR count). The first-order valence-electron chi connectivity index (χ1n) is 4.93. The van der Waals surface area contributed by atoms with E-state index >= 15 is 0 Å².